The standard InChI is InChI=1S/C54H36N4/c1-7-19-49-43(13-1)44-14-2-8-20-50(44)56(49)40-31-25-37(26-32-40)55(38-27-33-41(34-28-38)57-51-21-9-3-15-45(51)46-16-4-10-22-52(46)57)39-29-35-42(36-30-39)58-53-23-11-5-17-47(53)48-18-6-12-24-54(48)58/h1-36H. The summed E-state index contributed by atoms with van der Waals surface area (Å²) < 4.78 is 7.12. The van der Waals surface area contributed by atoms with Gasteiger partial charge in [-0.1, -0.05) is 109 Å². The van der Waals surface area contributed by atoms with E-state index in [4.69, 9.17) is 0 Å². The molecule has 12 rings (SSSR count). The number of para-hydroxylation sites is 6. The number of fused-ring (bicyclic) bond motifs is 9. The lowest BCUT2D eigenvalue weighted by Gasteiger charge is -2.26. The molecule has 0 atom stereocenters. The Bertz CT molecular complexity index is 2960. The van der Waals surface area contributed by atoms with Crippen LogP contribution in [0.15, 0.2) is 218 Å². The second kappa shape index (κ2) is 12.9. The third kappa shape index (κ3) is 4.88. The van der Waals surface area contributed by atoms with Crippen molar-refractivity contribution in [2.45, 2.75) is 0 Å². The Balaban J connectivity index is 0.996. The number of rotatable bonds is 6. The van der Waals surface area contributed by atoms with Crippen molar-refractivity contribution in [3.8, 4) is 17.1 Å². The number of hydrogen-bond donors (Lipinski definition) is 0. The topological polar surface area (TPSA) is 18.0 Å². The molecule has 0 fully saturated rings. The average molecular weight is 741 g/mol. The summed E-state index contributed by atoms with van der Waals surface area (Å²) in [5.74, 6) is 0. The molecule has 272 valence electrons. The quantitative estimate of drug-likeness (QED) is 0.166. The fourth-order valence-corrected chi connectivity index (χ4v) is 9.30. The van der Waals surface area contributed by atoms with Crippen LogP contribution in [0, 0.1) is 0 Å². The van der Waals surface area contributed by atoms with E-state index in [0.717, 1.165) is 34.1 Å². The Kier molecular flexibility index (Phi) is 7.20. The summed E-state index contributed by atoms with van der Waals surface area (Å²) in [6, 6.07) is 79.1. The number of nitrogens with zero attached hydrogens (tertiary/aromatic N) is 4. The van der Waals surface area contributed by atoms with Crippen molar-refractivity contribution in [2.24, 2.45) is 0 Å². The van der Waals surface area contributed by atoms with Gasteiger partial charge in [0.05, 0.1) is 33.1 Å². The minimum Gasteiger partial charge on any atom is -0.310 e. The van der Waals surface area contributed by atoms with E-state index < -0.39 is 0 Å². The molecule has 0 spiro atoms. The first kappa shape index (κ1) is 32.4. The maximum atomic E-state index is 2.37. The lowest BCUT2D eigenvalue weighted by atomic mass is 10.1. The van der Waals surface area contributed by atoms with Gasteiger partial charge in [-0.15, -0.1) is 0 Å². The van der Waals surface area contributed by atoms with E-state index >= 15 is 0 Å². The van der Waals surface area contributed by atoms with Crippen molar-refractivity contribution in [2.75, 3.05) is 4.90 Å². The monoisotopic (exact) mass is 740 g/mol. The zero-order chi connectivity index (χ0) is 38.2. The van der Waals surface area contributed by atoms with E-state index in [1.807, 2.05) is 0 Å². The molecular formula is C54H36N4. The fourth-order valence-electron chi connectivity index (χ4n) is 9.30. The van der Waals surface area contributed by atoms with Crippen LogP contribution >= 0.6 is 0 Å². The van der Waals surface area contributed by atoms with Gasteiger partial charge in [-0.3, -0.25) is 0 Å². The summed E-state index contributed by atoms with van der Waals surface area (Å²) in [4.78, 5) is 2.36. The molecule has 0 N–H and O–H groups in total. The first-order valence-corrected chi connectivity index (χ1v) is 19.9. The van der Waals surface area contributed by atoms with E-state index in [2.05, 4.69) is 237 Å². The van der Waals surface area contributed by atoms with Crippen LogP contribution in [0.2, 0.25) is 0 Å². The molecule has 0 aliphatic heterocycles. The summed E-state index contributed by atoms with van der Waals surface area (Å²) in [6.07, 6.45) is 0. The highest BCUT2D eigenvalue weighted by Crippen LogP contribution is 2.40. The van der Waals surface area contributed by atoms with Crippen LogP contribution in [0.5, 0.6) is 0 Å². The van der Waals surface area contributed by atoms with E-state index in [0.29, 0.717) is 0 Å². The molecule has 0 unspecified atom stereocenters. The molecule has 9 aromatic carbocycles. The van der Waals surface area contributed by atoms with Gasteiger partial charge in [0.2, 0.25) is 0 Å². The molecule has 4 heteroatoms. The summed E-state index contributed by atoms with van der Waals surface area (Å²) in [7, 11) is 0. The van der Waals surface area contributed by atoms with Crippen molar-refractivity contribution >= 4 is 82.5 Å². The molecule has 4 nitrogen and oxygen atoms in total. The number of hydrogen-bond acceptors (Lipinski definition) is 1. The van der Waals surface area contributed by atoms with Crippen LogP contribution in [0.1, 0.15) is 0 Å². The lowest BCUT2D eigenvalue weighted by Crippen LogP contribution is -2.10. The maximum absolute atomic E-state index is 2.37. The van der Waals surface area contributed by atoms with Gasteiger partial charge in [0.1, 0.15) is 0 Å². The van der Waals surface area contributed by atoms with Gasteiger partial charge < -0.3 is 18.6 Å². The number of benzene rings is 9. The molecule has 0 aliphatic carbocycles. The van der Waals surface area contributed by atoms with Crippen molar-refractivity contribution in [3.63, 3.8) is 0 Å². The third-order valence-corrected chi connectivity index (χ3v) is 11.8. The predicted octanol–water partition coefficient (Wildman–Crippen LogP) is 14.4. The Morgan fingerprint density at radius 3 is 0.603 bits per heavy atom. The first-order valence-electron chi connectivity index (χ1n) is 19.9. The highest BCUT2D eigenvalue weighted by Gasteiger charge is 2.18. The summed E-state index contributed by atoms with van der Waals surface area (Å²) in [5.41, 5.74) is 13.9. The van der Waals surface area contributed by atoms with Crippen LogP contribution in [0.4, 0.5) is 17.1 Å². The van der Waals surface area contributed by atoms with Gasteiger partial charge in [-0.05, 0) is 109 Å². The second-order valence-corrected chi connectivity index (χ2v) is 15.0. The maximum Gasteiger partial charge on any atom is 0.0541 e. The van der Waals surface area contributed by atoms with Gasteiger partial charge in [-0.2, -0.15) is 0 Å². The van der Waals surface area contributed by atoms with Crippen LogP contribution < -0.4 is 4.90 Å². The van der Waals surface area contributed by atoms with Crippen molar-refractivity contribution in [1.82, 2.24) is 13.7 Å². The minimum atomic E-state index is 1.08. The van der Waals surface area contributed by atoms with Crippen LogP contribution in [-0.2, 0) is 0 Å². The summed E-state index contributed by atoms with van der Waals surface area (Å²) >= 11 is 0. The van der Waals surface area contributed by atoms with Gasteiger partial charge in [0, 0.05) is 66.4 Å². The number of anilines is 3. The second-order valence-electron chi connectivity index (χ2n) is 15.0. The largest absolute Gasteiger partial charge is 0.310 e. The Morgan fingerprint density at radius 1 is 0.207 bits per heavy atom. The fraction of sp³-hybridized carbons (Fsp3) is 0. The third-order valence-electron chi connectivity index (χ3n) is 11.8. The molecule has 0 saturated carbocycles. The van der Waals surface area contributed by atoms with Gasteiger partial charge in [-0.25, -0.2) is 0 Å². The predicted molar refractivity (Wildman–Crippen MR) is 244 cm³/mol. The van der Waals surface area contributed by atoms with Crippen molar-refractivity contribution in [1.29, 1.82) is 0 Å². The molecule has 12 aromatic rings. The van der Waals surface area contributed by atoms with E-state index in [1.54, 1.807) is 0 Å². The van der Waals surface area contributed by atoms with Crippen LogP contribution in [0.25, 0.3) is 82.5 Å². The average Bonchev–Trinajstić information content (AvgIpc) is 3.93. The van der Waals surface area contributed by atoms with Crippen molar-refractivity contribution < 1.29 is 0 Å². The van der Waals surface area contributed by atoms with Crippen molar-refractivity contribution in [3.05, 3.63) is 218 Å². The molecule has 3 aromatic heterocycles. The molecular weight excluding hydrogens is 705 g/mol. The molecule has 0 radical (unpaired) electrons. The molecule has 58 heavy (non-hydrogen) atoms. The van der Waals surface area contributed by atoms with Gasteiger partial charge in [0.15, 0.2) is 0 Å². The first-order chi connectivity index (χ1) is 28.8. The zero-order valence-corrected chi connectivity index (χ0v) is 31.6. The molecule has 0 aliphatic rings. The van der Waals surface area contributed by atoms with Crippen LogP contribution in [0.3, 0.4) is 0 Å². The zero-order valence-electron chi connectivity index (χ0n) is 31.6. The Hall–Kier alpha value is -7.82. The Labute approximate surface area is 335 Å². The summed E-state index contributed by atoms with van der Waals surface area (Å²) in [5, 5.41) is 7.56. The van der Waals surface area contributed by atoms with Gasteiger partial charge in [0.25, 0.3) is 0 Å². The smallest absolute Gasteiger partial charge is 0.0541 e. The van der Waals surface area contributed by atoms with E-state index in [-0.39, 0.29) is 0 Å². The van der Waals surface area contributed by atoms with Crippen LogP contribution in [-0.4, -0.2) is 13.7 Å². The van der Waals surface area contributed by atoms with E-state index in [1.165, 1.54) is 65.4 Å². The highest BCUT2D eigenvalue weighted by molar-refractivity contribution is 6.11. The van der Waals surface area contributed by atoms with Gasteiger partial charge >= 0.3 is 0 Å². The molecule has 0 bridgehead atoms. The minimum absolute atomic E-state index is 1.08. The highest BCUT2D eigenvalue weighted by atomic mass is 15.1. The number of aromatic nitrogens is 3. The summed E-state index contributed by atoms with van der Waals surface area (Å²) in [6.45, 7) is 0. The molecule has 3 heterocycles. The molecule has 0 amide bonds. The lowest BCUT2D eigenvalue weighted by molar-refractivity contribution is 1.16. The normalized spacial score (nSPS) is 11.8. The SMILES string of the molecule is c1ccc2c(c1)c1ccccc1n2-c1ccc(N(c2ccc(-n3c4ccccc4c4ccccc43)cc2)c2ccc(-n3c4ccccc4c4ccccc43)cc2)cc1. The van der Waals surface area contributed by atoms with E-state index in [9.17, 15) is 0 Å². The molecule has 0 saturated heterocycles. The Morgan fingerprint density at radius 2 is 0.397 bits per heavy atom.